The minimum absolute atomic E-state index is 0.114. The molecule has 5 heterocycles. The number of imidazole rings is 1. The van der Waals surface area contributed by atoms with Gasteiger partial charge in [0.05, 0.1) is 36.1 Å². The minimum Gasteiger partial charge on any atom is -0.464 e. The van der Waals surface area contributed by atoms with Crippen LogP contribution in [0.15, 0.2) is 84.3 Å². The molecule has 1 unspecified atom stereocenters. The number of anilines is 2. The predicted octanol–water partition coefficient (Wildman–Crippen LogP) is 5.58. The van der Waals surface area contributed by atoms with E-state index < -0.39 is 12.0 Å². The summed E-state index contributed by atoms with van der Waals surface area (Å²) in [5.41, 5.74) is 4.03. The number of esters is 1. The maximum Gasteiger partial charge on any atom is 0.356 e. The van der Waals surface area contributed by atoms with Crippen LogP contribution < -0.4 is 16.2 Å². The first kappa shape index (κ1) is 30.9. The lowest BCUT2D eigenvalue weighted by Crippen LogP contribution is -2.28. The highest BCUT2D eigenvalue weighted by molar-refractivity contribution is 5.91. The highest BCUT2D eigenvalue weighted by Gasteiger charge is 2.25. The van der Waals surface area contributed by atoms with E-state index in [1.807, 2.05) is 60.0 Å². The Hall–Kier alpha value is -5.69. The molecule has 2 N–H and O–H groups in total. The highest BCUT2D eigenvalue weighted by atomic mass is 16.5. The van der Waals surface area contributed by atoms with Crippen LogP contribution in [0.5, 0.6) is 0 Å². The molecule has 13 heteroatoms. The van der Waals surface area contributed by atoms with E-state index in [2.05, 4.69) is 30.6 Å². The number of rotatable bonds is 10. The number of benzene rings is 2. The summed E-state index contributed by atoms with van der Waals surface area (Å²) < 4.78 is 14.4. The van der Waals surface area contributed by atoms with Crippen molar-refractivity contribution < 1.29 is 14.3 Å². The number of carbonyl (C=O) groups excluding carboxylic acids is 1. The van der Waals surface area contributed by atoms with Crippen LogP contribution in [0.3, 0.4) is 0 Å². The van der Waals surface area contributed by atoms with Gasteiger partial charge in [-0.05, 0) is 61.6 Å². The lowest BCUT2D eigenvalue weighted by Gasteiger charge is -2.24. The fourth-order valence-corrected chi connectivity index (χ4v) is 6.03. The summed E-state index contributed by atoms with van der Waals surface area (Å²) in [5.74, 6) is 0.597. The molecule has 0 amide bonds. The highest BCUT2D eigenvalue weighted by Crippen LogP contribution is 2.31. The Morgan fingerprint density at radius 3 is 2.67 bits per heavy atom. The van der Waals surface area contributed by atoms with Crippen molar-refractivity contribution in [2.45, 2.75) is 51.4 Å². The maximum absolute atomic E-state index is 14.5. The Labute approximate surface area is 276 Å². The van der Waals surface area contributed by atoms with E-state index in [9.17, 15) is 9.59 Å². The zero-order valence-electron chi connectivity index (χ0n) is 26.7. The van der Waals surface area contributed by atoms with Crippen LogP contribution in [0.4, 0.5) is 11.5 Å². The number of ether oxygens (including phenoxy) is 2. The van der Waals surface area contributed by atoms with Crippen molar-refractivity contribution in [1.82, 2.24) is 34.1 Å². The standard InChI is InChI=1S/C35H35N9O4/c1-3-24(41-31-30-33(39-20-38-31)43(21-40-30)28-14-7-8-17-48-28)32-42-26-13-9-12-25(29(26)34(45)44(32)23-10-5-4-6-11-23)36-18-22-15-16-27(37-19-22)35(46)47-2/h4-6,9-13,15-16,19-21,24,28,36H,3,7-8,14,17-18H2,1-2H3,(H,38,39,41)/t24-,28?/m0/s1. The Morgan fingerprint density at radius 1 is 1.04 bits per heavy atom. The molecule has 2 atom stereocenters. The van der Waals surface area contributed by atoms with E-state index in [1.54, 1.807) is 29.2 Å². The largest absolute Gasteiger partial charge is 0.464 e. The van der Waals surface area contributed by atoms with Crippen LogP contribution in [0.25, 0.3) is 27.8 Å². The SMILES string of the molecule is CC[C@H](Nc1ncnc2c1ncn2C1CCCCO1)c1nc2cccc(NCc3ccc(C(=O)OC)nc3)c2c(=O)n1-c1ccccc1. The quantitative estimate of drug-likeness (QED) is 0.180. The second kappa shape index (κ2) is 13.6. The van der Waals surface area contributed by atoms with Crippen molar-refractivity contribution in [2.75, 3.05) is 24.4 Å². The summed E-state index contributed by atoms with van der Waals surface area (Å²) in [6.45, 7) is 3.12. The summed E-state index contributed by atoms with van der Waals surface area (Å²) in [5, 5.41) is 7.37. The van der Waals surface area contributed by atoms with Gasteiger partial charge in [0.1, 0.15) is 24.1 Å². The molecule has 0 radical (unpaired) electrons. The first-order valence-corrected chi connectivity index (χ1v) is 16.0. The predicted molar refractivity (Wildman–Crippen MR) is 181 cm³/mol. The molecule has 1 aliphatic rings. The van der Waals surface area contributed by atoms with Gasteiger partial charge >= 0.3 is 5.97 Å². The number of hydrogen-bond acceptors (Lipinski definition) is 11. The normalized spacial score (nSPS) is 15.3. The molecule has 0 aliphatic carbocycles. The number of nitrogens with one attached hydrogen (secondary N) is 2. The molecule has 1 aliphatic heterocycles. The average Bonchev–Trinajstić information content (AvgIpc) is 3.58. The van der Waals surface area contributed by atoms with Gasteiger partial charge in [0.2, 0.25) is 0 Å². The molecule has 48 heavy (non-hydrogen) atoms. The Kier molecular flexibility index (Phi) is 8.75. The van der Waals surface area contributed by atoms with E-state index in [1.165, 1.54) is 13.4 Å². The van der Waals surface area contributed by atoms with Crippen molar-refractivity contribution in [3.05, 3.63) is 107 Å². The van der Waals surface area contributed by atoms with Crippen molar-refractivity contribution in [1.29, 1.82) is 0 Å². The fourth-order valence-electron chi connectivity index (χ4n) is 6.03. The molecule has 13 nitrogen and oxygen atoms in total. The van der Waals surface area contributed by atoms with Crippen LogP contribution in [-0.2, 0) is 16.0 Å². The molecule has 0 spiro atoms. The smallest absolute Gasteiger partial charge is 0.356 e. The molecule has 0 saturated carbocycles. The molecule has 244 valence electrons. The summed E-state index contributed by atoms with van der Waals surface area (Å²) in [4.78, 5) is 49.4. The Bertz CT molecular complexity index is 2120. The third-order valence-electron chi connectivity index (χ3n) is 8.50. The molecule has 1 fully saturated rings. The monoisotopic (exact) mass is 645 g/mol. The van der Waals surface area contributed by atoms with Gasteiger partial charge in [-0.15, -0.1) is 0 Å². The molecular formula is C35H35N9O4. The second-order valence-corrected chi connectivity index (χ2v) is 11.5. The summed E-state index contributed by atoms with van der Waals surface area (Å²) in [6, 6.07) is 18.1. The van der Waals surface area contributed by atoms with Crippen molar-refractivity contribution in [3.63, 3.8) is 0 Å². The van der Waals surface area contributed by atoms with Gasteiger partial charge in [-0.2, -0.15) is 0 Å². The van der Waals surface area contributed by atoms with E-state index in [0.717, 1.165) is 24.8 Å². The van der Waals surface area contributed by atoms with Crippen molar-refractivity contribution in [2.24, 2.45) is 0 Å². The summed E-state index contributed by atoms with van der Waals surface area (Å²) >= 11 is 0. The number of fused-ring (bicyclic) bond motifs is 2. The number of para-hydroxylation sites is 1. The van der Waals surface area contributed by atoms with Gasteiger partial charge in [-0.3, -0.25) is 13.9 Å². The maximum atomic E-state index is 14.5. The van der Waals surface area contributed by atoms with Gasteiger partial charge in [0, 0.05) is 25.0 Å². The zero-order chi connectivity index (χ0) is 33.0. The van der Waals surface area contributed by atoms with Crippen LogP contribution in [0.1, 0.15) is 66.8 Å². The van der Waals surface area contributed by atoms with Gasteiger partial charge in [-0.1, -0.05) is 37.3 Å². The first-order chi connectivity index (χ1) is 23.6. The van der Waals surface area contributed by atoms with Gasteiger partial charge in [0.15, 0.2) is 17.0 Å². The van der Waals surface area contributed by atoms with E-state index in [-0.39, 0.29) is 17.5 Å². The zero-order valence-corrected chi connectivity index (χ0v) is 26.7. The number of hydrogen-bond donors (Lipinski definition) is 2. The number of carbonyl (C=O) groups is 1. The second-order valence-electron chi connectivity index (χ2n) is 11.5. The molecule has 1 saturated heterocycles. The number of methoxy groups -OCH3 is 1. The Balaban J connectivity index is 1.26. The lowest BCUT2D eigenvalue weighted by atomic mass is 10.1. The number of nitrogens with zero attached hydrogens (tertiary/aromatic N) is 7. The van der Waals surface area contributed by atoms with Gasteiger partial charge in [0.25, 0.3) is 5.56 Å². The lowest BCUT2D eigenvalue weighted by molar-refractivity contribution is -0.0298. The van der Waals surface area contributed by atoms with Gasteiger partial charge < -0.3 is 20.1 Å². The molecule has 6 aromatic rings. The van der Waals surface area contributed by atoms with Crippen LogP contribution >= 0.6 is 0 Å². The first-order valence-electron chi connectivity index (χ1n) is 16.0. The fraction of sp³-hybridized carbons (Fsp3) is 0.286. The molecule has 0 bridgehead atoms. The average molecular weight is 646 g/mol. The third kappa shape index (κ3) is 5.95. The molecule has 4 aromatic heterocycles. The number of pyridine rings is 1. The van der Waals surface area contributed by atoms with E-state index >= 15 is 0 Å². The minimum atomic E-state index is -0.500. The Morgan fingerprint density at radius 2 is 1.92 bits per heavy atom. The third-order valence-corrected chi connectivity index (χ3v) is 8.50. The van der Waals surface area contributed by atoms with Crippen LogP contribution in [0, 0.1) is 0 Å². The van der Waals surface area contributed by atoms with Crippen molar-refractivity contribution in [3.8, 4) is 5.69 Å². The number of aromatic nitrogens is 7. The molecule has 2 aromatic carbocycles. The van der Waals surface area contributed by atoms with Crippen molar-refractivity contribution >= 4 is 39.5 Å². The summed E-state index contributed by atoms with van der Waals surface area (Å²) in [6.07, 6.45) is 8.41. The van der Waals surface area contributed by atoms with Gasteiger partial charge in [-0.25, -0.2) is 29.7 Å². The van der Waals surface area contributed by atoms with Crippen LogP contribution in [0.2, 0.25) is 0 Å². The van der Waals surface area contributed by atoms with E-state index in [4.69, 9.17) is 14.5 Å². The topological polar surface area (TPSA) is 151 Å². The summed E-state index contributed by atoms with van der Waals surface area (Å²) in [7, 11) is 1.32. The van der Waals surface area contributed by atoms with Crippen LogP contribution in [-0.4, -0.2) is 53.7 Å². The van der Waals surface area contributed by atoms with E-state index in [0.29, 0.717) is 64.7 Å². The molecule has 7 rings (SSSR count). The molecular weight excluding hydrogens is 610 g/mol.